The summed E-state index contributed by atoms with van der Waals surface area (Å²) in [6.07, 6.45) is 1.60. The number of anilines is 1. The minimum Gasteiger partial charge on any atom is -0.461 e. The van der Waals surface area contributed by atoms with E-state index < -0.39 is 5.25 Å². The van der Waals surface area contributed by atoms with Gasteiger partial charge in [-0.3, -0.25) is 9.36 Å². The van der Waals surface area contributed by atoms with Crippen LogP contribution in [-0.4, -0.2) is 25.9 Å². The molecule has 1 amide bonds. The van der Waals surface area contributed by atoms with Crippen LogP contribution in [0.2, 0.25) is 0 Å². The SMILES string of the molecule is C[C@H](Sc1nnc(-c2ccco2)n1-c1ccccc1)C(=O)Nc1cccc2ccccc12. The van der Waals surface area contributed by atoms with Crippen LogP contribution >= 0.6 is 11.8 Å². The Labute approximate surface area is 189 Å². The van der Waals surface area contributed by atoms with Gasteiger partial charge in [0.15, 0.2) is 10.9 Å². The van der Waals surface area contributed by atoms with Crippen LogP contribution in [0.5, 0.6) is 0 Å². The minimum absolute atomic E-state index is 0.103. The number of amides is 1. The zero-order valence-electron chi connectivity index (χ0n) is 17.3. The first-order chi connectivity index (χ1) is 15.7. The number of thioether (sulfide) groups is 1. The summed E-state index contributed by atoms with van der Waals surface area (Å²) >= 11 is 1.35. The maximum Gasteiger partial charge on any atom is 0.237 e. The quantitative estimate of drug-likeness (QED) is 0.338. The molecule has 0 fully saturated rings. The largest absolute Gasteiger partial charge is 0.461 e. The van der Waals surface area contributed by atoms with Crippen LogP contribution in [0.1, 0.15) is 6.92 Å². The molecule has 1 N–H and O–H groups in total. The normalized spacial score (nSPS) is 12.0. The number of carbonyl (C=O) groups is 1. The Morgan fingerprint density at radius 1 is 0.938 bits per heavy atom. The average Bonchev–Trinajstić information content (AvgIpc) is 3.50. The number of para-hydroxylation sites is 1. The molecule has 6 nitrogen and oxygen atoms in total. The van der Waals surface area contributed by atoms with Crippen molar-refractivity contribution in [2.75, 3.05) is 5.32 Å². The van der Waals surface area contributed by atoms with Gasteiger partial charge in [0.05, 0.1) is 11.5 Å². The molecule has 2 heterocycles. The second kappa shape index (κ2) is 8.72. The molecule has 0 spiro atoms. The van der Waals surface area contributed by atoms with Gasteiger partial charge in [-0.15, -0.1) is 10.2 Å². The maximum absolute atomic E-state index is 13.0. The highest BCUT2D eigenvalue weighted by Gasteiger charge is 2.23. The summed E-state index contributed by atoms with van der Waals surface area (Å²) in [4.78, 5) is 13.0. The fraction of sp³-hybridized carbons (Fsp3) is 0.0800. The number of hydrogen-bond acceptors (Lipinski definition) is 5. The lowest BCUT2D eigenvalue weighted by atomic mass is 10.1. The van der Waals surface area contributed by atoms with Crippen molar-refractivity contribution >= 4 is 34.1 Å². The summed E-state index contributed by atoms with van der Waals surface area (Å²) in [7, 11) is 0. The predicted molar refractivity (Wildman–Crippen MR) is 127 cm³/mol. The molecule has 0 saturated carbocycles. The maximum atomic E-state index is 13.0. The molecule has 158 valence electrons. The molecule has 0 aliphatic carbocycles. The van der Waals surface area contributed by atoms with E-state index in [0.717, 1.165) is 22.1 Å². The number of fused-ring (bicyclic) bond motifs is 1. The van der Waals surface area contributed by atoms with Crippen LogP contribution in [-0.2, 0) is 4.79 Å². The summed E-state index contributed by atoms with van der Waals surface area (Å²) in [5.74, 6) is 1.10. The number of rotatable bonds is 6. The number of benzene rings is 3. The van der Waals surface area contributed by atoms with Gasteiger partial charge >= 0.3 is 0 Å². The van der Waals surface area contributed by atoms with Gasteiger partial charge in [0.1, 0.15) is 0 Å². The van der Waals surface area contributed by atoms with Gasteiger partial charge in [0.25, 0.3) is 0 Å². The van der Waals surface area contributed by atoms with Crippen LogP contribution in [0.25, 0.3) is 28.0 Å². The standard InChI is InChI=1S/C25H20N4O2S/c1-17(24(30)26-21-14-7-10-18-9-5-6-13-20(18)21)32-25-28-27-23(22-15-8-16-31-22)29(25)19-11-3-2-4-12-19/h2-17H,1H3,(H,26,30)/t17-/m0/s1. The van der Waals surface area contributed by atoms with E-state index in [2.05, 4.69) is 15.5 Å². The molecule has 32 heavy (non-hydrogen) atoms. The molecule has 1 atom stereocenters. The van der Waals surface area contributed by atoms with Gasteiger partial charge in [-0.2, -0.15) is 0 Å². The smallest absolute Gasteiger partial charge is 0.237 e. The Bertz CT molecular complexity index is 1360. The van der Waals surface area contributed by atoms with Crippen LogP contribution in [0.15, 0.2) is 101 Å². The average molecular weight is 441 g/mol. The Kier molecular flexibility index (Phi) is 5.47. The zero-order valence-corrected chi connectivity index (χ0v) is 18.1. The molecule has 0 bridgehead atoms. The van der Waals surface area contributed by atoms with E-state index >= 15 is 0 Å². The summed E-state index contributed by atoms with van der Waals surface area (Å²) in [5.41, 5.74) is 1.69. The molecule has 0 saturated heterocycles. The van der Waals surface area contributed by atoms with Crippen LogP contribution < -0.4 is 5.32 Å². The summed E-state index contributed by atoms with van der Waals surface area (Å²) < 4.78 is 7.46. The lowest BCUT2D eigenvalue weighted by molar-refractivity contribution is -0.115. The molecule has 5 aromatic rings. The van der Waals surface area contributed by atoms with E-state index in [1.807, 2.05) is 96.4 Å². The van der Waals surface area contributed by atoms with E-state index in [0.29, 0.717) is 16.7 Å². The third-order valence-corrected chi connectivity index (χ3v) is 6.13. The monoisotopic (exact) mass is 440 g/mol. The third-order valence-electron chi connectivity index (χ3n) is 5.09. The lowest BCUT2D eigenvalue weighted by Crippen LogP contribution is -2.23. The highest BCUT2D eigenvalue weighted by molar-refractivity contribution is 8.00. The van der Waals surface area contributed by atoms with Crippen molar-refractivity contribution in [3.05, 3.63) is 91.2 Å². The van der Waals surface area contributed by atoms with E-state index in [9.17, 15) is 4.79 Å². The number of aromatic nitrogens is 3. The highest BCUT2D eigenvalue weighted by atomic mass is 32.2. The molecule has 0 radical (unpaired) electrons. The number of nitrogens with one attached hydrogen (secondary N) is 1. The van der Waals surface area contributed by atoms with Gasteiger partial charge in [0.2, 0.25) is 11.7 Å². The van der Waals surface area contributed by atoms with Gasteiger partial charge in [-0.1, -0.05) is 66.4 Å². The Balaban J connectivity index is 1.43. The van der Waals surface area contributed by atoms with Gasteiger partial charge in [0, 0.05) is 16.8 Å². The van der Waals surface area contributed by atoms with Crippen molar-refractivity contribution in [1.82, 2.24) is 14.8 Å². The van der Waals surface area contributed by atoms with E-state index in [-0.39, 0.29) is 5.91 Å². The summed E-state index contributed by atoms with van der Waals surface area (Å²) in [6.45, 7) is 1.86. The fourth-order valence-electron chi connectivity index (χ4n) is 3.50. The van der Waals surface area contributed by atoms with Crippen molar-refractivity contribution in [3.63, 3.8) is 0 Å². The number of nitrogens with zero attached hydrogens (tertiary/aromatic N) is 3. The second-order valence-corrected chi connectivity index (χ2v) is 8.54. The number of furan rings is 1. The molecule has 3 aromatic carbocycles. The topological polar surface area (TPSA) is 73.0 Å². The molecule has 5 rings (SSSR count). The fourth-order valence-corrected chi connectivity index (χ4v) is 4.37. The van der Waals surface area contributed by atoms with Gasteiger partial charge < -0.3 is 9.73 Å². The Morgan fingerprint density at radius 3 is 2.53 bits per heavy atom. The van der Waals surface area contributed by atoms with E-state index in [1.165, 1.54) is 11.8 Å². The first kappa shape index (κ1) is 20.1. The highest BCUT2D eigenvalue weighted by Crippen LogP contribution is 2.31. The van der Waals surface area contributed by atoms with Crippen molar-refractivity contribution in [1.29, 1.82) is 0 Å². The van der Waals surface area contributed by atoms with E-state index in [1.54, 1.807) is 6.26 Å². The predicted octanol–water partition coefficient (Wildman–Crippen LogP) is 5.80. The van der Waals surface area contributed by atoms with Crippen LogP contribution in [0, 0.1) is 0 Å². The number of hydrogen-bond donors (Lipinski definition) is 1. The Hall–Kier alpha value is -3.84. The molecule has 0 unspecified atom stereocenters. The van der Waals surface area contributed by atoms with Gasteiger partial charge in [-0.25, -0.2) is 0 Å². The third kappa shape index (κ3) is 3.90. The first-order valence-electron chi connectivity index (χ1n) is 10.2. The van der Waals surface area contributed by atoms with E-state index in [4.69, 9.17) is 4.42 Å². The van der Waals surface area contributed by atoms with Crippen molar-refractivity contribution in [2.45, 2.75) is 17.3 Å². The second-order valence-electron chi connectivity index (χ2n) is 7.23. The summed E-state index contributed by atoms with van der Waals surface area (Å²) in [6, 6.07) is 27.3. The molecule has 0 aliphatic rings. The van der Waals surface area contributed by atoms with Crippen LogP contribution in [0.3, 0.4) is 0 Å². The zero-order chi connectivity index (χ0) is 21.9. The summed E-state index contributed by atoms with van der Waals surface area (Å²) in [5, 5.41) is 14.1. The number of carbonyl (C=O) groups excluding carboxylic acids is 1. The first-order valence-corrected chi connectivity index (χ1v) is 11.1. The van der Waals surface area contributed by atoms with Crippen molar-refractivity contribution in [2.24, 2.45) is 0 Å². The lowest BCUT2D eigenvalue weighted by Gasteiger charge is -2.14. The molecular formula is C25H20N4O2S. The minimum atomic E-state index is -0.398. The molecule has 0 aliphatic heterocycles. The molecule has 2 aromatic heterocycles. The van der Waals surface area contributed by atoms with Crippen LogP contribution in [0.4, 0.5) is 5.69 Å². The van der Waals surface area contributed by atoms with Crippen molar-refractivity contribution in [3.8, 4) is 17.3 Å². The van der Waals surface area contributed by atoms with Crippen molar-refractivity contribution < 1.29 is 9.21 Å². The molecule has 7 heteroatoms. The Morgan fingerprint density at radius 2 is 1.72 bits per heavy atom. The van der Waals surface area contributed by atoms with Gasteiger partial charge in [-0.05, 0) is 42.6 Å². The molecular weight excluding hydrogens is 420 g/mol.